The number of thiazole rings is 1. The van der Waals surface area contributed by atoms with Gasteiger partial charge in [0.2, 0.25) is 0 Å². The second-order valence-electron chi connectivity index (χ2n) is 4.83. The fourth-order valence-electron chi connectivity index (χ4n) is 2.26. The molecule has 0 atom stereocenters. The molecule has 1 saturated heterocycles. The van der Waals surface area contributed by atoms with E-state index in [1.165, 1.54) is 15.6 Å². The lowest BCUT2D eigenvalue weighted by Crippen LogP contribution is -2.53. The third-order valence-corrected chi connectivity index (χ3v) is 6.85. The van der Waals surface area contributed by atoms with Crippen molar-refractivity contribution in [2.75, 3.05) is 32.7 Å². The van der Waals surface area contributed by atoms with Crippen LogP contribution < -0.4 is 5.32 Å². The van der Waals surface area contributed by atoms with Gasteiger partial charge in [-0.1, -0.05) is 0 Å². The van der Waals surface area contributed by atoms with Crippen LogP contribution in [0.15, 0.2) is 4.21 Å². The average Bonchev–Trinajstić information content (AvgIpc) is 2.79. The van der Waals surface area contributed by atoms with Crippen molar-refractivity contribution in [3.8, 4) is 0 Å². The molecule has 0 radical (unpaired) electrons. The molecular weight excluding hydrogens is 312 g/mol. The summed E-state index contributed by atoms with van der Waals surface area (Å²) in [6.07, 6.45) is 0. The van der Waals surface area contributed by atoms with Crippen molar-refractivity contribution in [1.29, 1.82) is 0 Å². The zero-order chi connectivity index (χ0) is 15.6. The Morgan fingerprint density at radius 3 is 2.38 bits per heavy atom. The highest BCUT2D eigenvalue weighted by atomic mass is 32.2. The van der Waals surface area contributed by atoms with E-state index in [9.17, 15) is 13.2 Å². The maximum absolute atomic E-state index is 12.6. The molecule has 1 N–H and O–H groups in total. The topological polar surface area (TPSA) is 82.6 Å². The van der Waals surface area contributed by atoms with Gasteiger partial charge in [-0.05, 0) is 20.8 Å². The molecule has 1 aliphatic heterocycles. The summed E-state index contributed by atoms with van der Waals surface area (Å²) in [4.78, 5) is 17.5. The van der Waals surface area contributed by atoms with Crippen molar-refractivity contribution >= 4 is 27.4 Å². The lowest BCUT2D eigenvalue weighted by Gasteiger charge is -2.33. The summed E-state index contributed by atoms with van der Waals surface area (Å²) < 4.78 is 26.9. The number of rotatable bonds is 3. The van der Waals surface area contributed by atoms with Gasteiger partial charge < -0.3 is 10.2 Å². The van der Waals surface area contributed by atoms with Crippen molar-refractivity contribution < 1.29 is 13.2 Å². The van der Waals surface area contributed by atoms with E-state index < -0.39 is 10.0 Å². The van der Waals surface area contributed by atoms with Gasteiger partial charge in [0.05, 0.1) is 10.7 Å². The van der Waals surface area contributed by atoms with Crippen molar-refractivity contribution in [3.05, 3.63) is 10.7 Å². The van der Waals surface area contributed by atoms with Crippen LogP contribution in [0.1, 0.15) is 17.6 Å². The number of aromatic nitrogens is 1. The minimum absolute atomic E-state index is 0.139. The number of nitrogens with zero attached hydrogens (tertiary/aromatic N) is 3. The molecule has 2 amide bonds. The van der Waals surface area contributed by atoms with Gasteiger partial charge in [-0.15, -0.1) is 11.3 Å². The third-order valence-electron chi connectivity index (χ3n) is 3.29. The van der Waals surface area contributed by atoms with Crippen LogP contribution in [0.3, 0.4) is 0 Å². The number of sulfonamides is 1. The van der Waals surface area contributed by atoms with Crippen LogP contribution in [-0.4, -0.2) is 61.4 Å². The normalized spacial score (nSPS) is 17.0. The van der Waals surface area contributed by atoms with E-state index in [4.69, 9.17) is 0 Å². The summed E-state index contributed by atoms with van der Waals surface area (Å²) in [5.41, 5.74) is 0.545. The first-order valence-electron chi connectivity index (χ1n) is 6.83. The van der Waals surface area contributed by atoms with E-state index in [1.807, 2.05) is 6.92 Å². The monoisotopic (exact) mass is 332 g/mol. The molecule has 1 fully saturated rings. The van der Waals surface area contributed by atoms with Gasteiger partial charge in [-0.2, -0.15) is 4.31 Å². The molecule has 2 heterocycles. The molecule has 21 heavy (non-hydrogen) atoms. The summed E-state index contributed by atoms with van der Waals surface area (Å²) in [6.45, 7) is 7.37. The van der Waals surface area contributed by atoms with Crippen molar-refractivity contribution in [2.24, 2.45) is 0 Å². The van der Waals surface area contributed by atoms with E-state index in [1.54, 1.807) is 18.7 Å². The summed E-state index contributed by atoms with van der Waals surface area (Å²) in [5, 5.41) is 3.47. The average molecular weight is 332 g/mol. The number of carbonyl (C=O) groups is 1. The van der Waals surface area contributed by atoms with Gasteiger partial charge in [-0.25, -0.2) is 18.2 Å². The van der Waals surface area contributed by atoms with Crippen LogP contribution in [0.25, 0.3) is 0 Å². The third kappa shape index (κ3) is 3.35. The van der Waals surface area contributed by atoms with Gasteiger partial charge >= 0.3 is 6.03 Å². The molecule has 0 aromatic carbocycles. The van der Waals surface area contributed by atoms with Crippen LogP contribution in [0.4, 0.5) is 4.79 Å². The molecule has 7 nitrogen and oxygen atoms in total. The molecule has 0 saturated carbocycles. The van der Waals surface area contributed by atoms with Gasteiger partial charge in [-0.3, -0.25) is 0 Å². The summed E-state index contributed by atoms with van der Waals surface area (Å²) in [6, 6.07) is -0.139. The molecule has 0 aliphatic carbocycles. The first-order chi connectivity index (χ1) is 9.86. The van der Waals surface area contributed by atoms with Crippen molar-refractivity contribution in [2.45, 2.75) is 25.0 Å². The fourth-order valence-corrected chi connectivity index (χ4v) is 5.30. The van der Waals surface area contributed by atoms with E-state index >= 15 is 0 Å². The number of hydrogen-bond acceptors (Lipinski definition) is 5. The Labute approximate surface area is 129 Å². The highest BCUT2D eigenvalue weighted by molar-refractivity contribution is 7.91. The number of aryl methyl sites for hydroxylation is 2. The van der Waals surface area contributed by atoms with Crippen LogP contribution >= 0.6 is 11.3 Å². The highest BCUT2D eigenvalue weighted by Crippen LogP contribution is 2.26. The molecule has 0 unspecified atom stereocenters. The van der Waals surface area contributed by atoms with Crippen LogP contribution in [0.2, 0.25) is 0 Å². The van der Waals surface area contributed by atoms with Gasteiger partial charge in [0, 0.05) is 32.7 Å². The predicted octanol–water partition coefficient (Wildman–Crippen LogP) is 0.796. The molecule has 0 spiro atoms. The highest BCUT2D eigenvalue weighted by Gasteiger charge is 2.32. The minimum Gasteiger partial charge on any atom is -0.338 e. The zero-order valence-electron chi connectivity index (χ0n) is 12.4. The lowest BCUT2D eigenvalue weighted by atomic mass is 10.4. The van der Waals surface area contributed by atoms with Gasteiger partial charge in [0.25, 0.3) is 10.0 Å². The van der Waals surface area contributed by atoms with Crippen molar-refractivity contribution in [1.82, 2.24) is 19.5 Å². The Bertz CT molecular complexity index is 618. The van der Waals surface area contributed by atoms with E-state index in [-0.39, 0.29) is 6.03 Å². The lowest BCUT2D eigenvalue weighted by molar-refractivity contribution is 0.173. The zero-order valence-corrected chi connectivity index (χ0v) is 14.1. The maximum atomic E-state index is 12.6. The maximum Gasteiger partial charge on any atom is 0.317 e. The molecule has 118 valence electrons. The number of amides is 2. The Morgan fingerprint density at radius 1 is 1.29 bits per heavy atom. The quantitative estimate of drug-likeness (QED) is 0.887. The summed E-state index contributed by atoms with van der Waals surface area (Å²) >= 11 is 1.20. The Balaban J connectivity index is 2.08. The Kier molecular flexibility index (Phi) is 4.84. The Morgan fingerprint density at radius 2 is 1.90 bits per heavy atom. The van der Waals surface area contributed by atoms with E-state index in [0.29, 0.717) is 42.6 Å². The molecule has 2 rings (SSSR count). The molecule has 1 aliphatic rings. The first kappa shape index (κ1) is 16.2. The number of hydrogen-bond donors (Lipinski definition) is 1. The molecular formula is C12H20N4O3S2. The fraction of sp³-hybridized carbons (Fsp3) is 0.667. The van der Waals surface area contributed by atoms with Crippen LogP contribution in [-0.2, 0) is 10.0 Å². The van der Waals surface area contributed by atoms with Crippen LogP contribution in [0.5, 0.6) is 0 Å². The smallest absolute Gasteiger partial charge is 0.317 e. The van der Waals surface area contributed by atoms with Gasteiger partial charge in [0.15, 0.2) is 4.21 Å². The standard InChI is InChI=1S/C12H20N4O3S2/c1-4-13-12(17)15-5-7-16(8-6-15)21(18,19)11-9(2)14-10(3)20-11/h4-8H2,1-3H3,(H,13,17). The number of urea groups is 1. The number of carbonyl (C=O) groups excluding carboxylic acids is 1. The predicted molar refractivity (Wildman–Crippen MR) is 81.0 cm³/mol. The number of piperazine rings is 1. The second kappa shape index (κ2) is 6.29. The molecule has 1 aromatic heterocycles. The van der Waals surface area contributed by atoms with Crippen molar-refractivity contribution in [3.63, 3.8) is 0 Å². The Hall–Kier alpha value is -1.19. The van der Waals surface area contributed by atoms with Gasteiger partial charge in [0.1, 0.15) is 0 Å². The second-order valence-corrected chi connectivity index (χ2v) is 8.17. The minimum atomic E-state index is -3.50. The van der Waals surface area contributed by atoms with E-state index in [2.05, 4.69) is 10.3 Å². The molecule has 9 heteroatoms. The van der Waals surface area contributed by atoms with Crippen LogP contribution in [0, 0.1) is 13.8 Å². The summed E-state index contributed by atoms with van der Waals surface area (Å²) in [5.74, 6) is 0. The molecule has 1 aromatic rings. The summed E-state index contributed by atoms with van der Waals surface area (Å²) in [7, 11) is -3.50. The first-order valence-corrected chi connectivity index (χ1v) is 9.09. The van der Waals surface area contributed by atoms with E-state index in [0.717, 1.165) is 5.01 Å². The molecule has 0 bridgehead atoms. The largest absolute Gasteiger partial charge is 0.338 e. The number of nitrogens with one attached hydrogen (secondary N) is 1. The SMILES string of the molecule is CCNC(=O)N1CCN(S(=O)(=O)c2sc(C)nc2C)CC1.